The maximum atomic E-state index is 12.4. The largest absolute Gasteiger partial charge is 0.477 e. The molecular formula is C16H18N2O3S2. The maximum absolute atomic E-state index is 12.4. The van der Waals surface area contributed by atoms with Gasteiger partial charge in [-0.05, 0) is 31.9 Å². The van der Waals surface area contributed by atoms with E-state index in [1.807, 2.05) is 6.92 Å². The number of aromatic carboxylic acids is 1. The number of thiophene rings is 1. The normalized spacial score (nSPS) is 15.0. The van der Waals surface area contributed by atoms with E-state index in [1.165, 1.54) is 48.4 Å². The number of hydrogen-bond acceptors (Lipinski definition) is 5. The summed E-state index contributed by atoms with van der Waals surface area (Å²) in [6.07, 6.45) is 4.83. The molecule has 7 heteroatoms. The summed E-state index contributed by atoms with van der Waals surface area (Å²) in [6, 6.07) is 3.29. The van der Waals surface area contributed by atoms with Crippen molar-refractivity contribution in [3.05, 3.63) is 37.5 Å². The number of carboxylic acids is 1. The van der Waals surface area contributed by atoms with E-state index in [2.05, 4.69) is 10.3 Å². The minimum absolute atomic E-state index is 0.130. The van der Waals surface area contributed by atoms with Crippen molar-refractivity contribution in [2.24, 2.45) is 0 Å². The van der Waals surface area contributed by atoms with Gasteiger partial charge in [0.05, 0.1) is 17.2 Å². The van der Waals surface area contributed by atoms with Crippen molar-refractivity contribution in [3.8, 4) is 0 Å². The molecule has 0 unspecified atom stereocenters. The van der Waals surface area contributed by atoms with E-state index in [1.54, 1.807) is 12.1 Å². The van der Waals surface area contributed by atoms with Crippen LogP contribution in [0.2, 0.25) is 0 Å². The average Bonchev–Trinajstić information content (AvgIpc) is 3.24. The van der Waals surface area contributed by atoms with Gasteiger partial charge in [0.2, 0.25) is 0 Å². The van der Waals surface area contributed by atoms with Crippen LogP contribution in [0, 0.1) is 6.92 Å². The molecule has 0 radical (unpaired) electrons. The Morgan fingerprint density at radius 2 is 2.04 bits per heavy atom. The zero-order valence-corrected chi connectivity index (χ0v) is 14.4. The Morgan fingerprint density at radius 1 is 1.30 bits per heavy atom. The first-order chi connectivity index (χ1) is 11.0. The van der Waals surface area contributed by atoms with Gasteiger partial charge in [-0.25, -0.2) is 9.78 Å². The van der Waals surface area contributed by atoms with Crippen molar-refractivity contribution in [2.75, 3.05) is 0 Å². The number of carbonyl (C=O) groups excluding carboxylic acids is 1. The fraction of sp³-hybridized carbons (Fsp3) is 0.438. The molecule has 0 saturated heterocycles. The number of carbonyl (C=O) groups is 2. The fourth-order valence-corrected chi connectivity index (χ4v) is 4.75. The number of amides is 1. The number of thiazole rings is 1. The highest BCUT2D eigenvalue weighted by atomic mass is 32.1. The summed E-state index contributed by atoms with van der Waals surface area (Å²) in [5.74, 6) is -0.558. The van der Waals surface area contributed by atoms with Gasteiger partial charge in [0, 0.05) is 10.8 Å². The van der Waals surface area contributed by atoms with Crippen LogP contribution >= 0.6 is 22.7 Å². The molecule has 1 aliphatic rings. The summed E-state index contributed by atoms with van der Waals surface area (Å²) >= 11 is 2.68. The van der Waals surface area contributed by atoms with Gasteiger partial charge < -0.3 is 10.4 Å². The Bertz CT molecular complexity index is 730. The molecule has 0 bridgehead atoms. The van der Waals surface area contributed by atoms with E-state index < -0.39 is 5.97 Å². The number of hydrogen-bond donors (Lipinski definition) is 2. The van der Waals surface area contributed by atoms with Gasteiger partial charge in [0.25, 0.3) is 5.91 Å². The van der Waals surface area contributed by atoms with Crippen LogP contribution in [0.3, 0.4) is 0 Å². The molecular weight excluding hydrogens is 332 g/mol. The van der Waals surface area contributed by atoms with Crippen molar-refractivity contribution < 1.29 is 14.7 Å². The lowest BCUT2D eigenvalue weighted by Gasteiger charge is -2.03. The van der Waals surface area contributed by atoms with Gasteiger partial charge in [-0.1, -0.05) is 12.8 Å². The predicted octanol–water partition coefficient (Wildman–Crippen LogP) is 3.80. The smallest absolute Gasteiger partial charge is 0.345 e. The summed E-state index contributed by atoms with van der Waals surface area (Å²) in [7, 11) is 0. The second-order valence-corrected chi connectivity index (χ2v) is 7.90. The van der Waals surface area contributed by atoms with Crippen LogP contribution in [-0.4, -0.2) is 22.0 Å². The highest BCUT2D eigenvalue weighted by Crippen LogP contribution is 2.37. The lowest BCUT2D eigenvalue weighted by molar-refractivity contribution is 0.0702. The summed E-state index contributed by atoms with van der Waals surface area (Å²) in [5.41, 5.74) is 0.784. The van der Waals surface area contributed by atoms with Crippen LogP contribution in [0.1, 0.15) is 66.5 Å². The Hall–Kier alpha value is -1.73. The SMILES string of the molecule is Cc1nc(C2CCCC2)sc1C(=O)NCc1ccc(C(=O)O)s1. The Kier molecular flexibility index (Phi) is 4.77. The molecule has 0 atom stereocenters. The third kappa shape index (κ3) is 3.61. The quantitative estimate of drug-likeness (QED) is 0.859. The molecule has 2 aromatic rings. The lowest BCUT2D eigenvalue weighted by atomic mass is 10.1. The molecule has 2 heterocycles. The van der Waals surface area contributed by atoms with E-state index in [0.29, 0.717) is 17.3 Å². The first-order valence-electron chi connectivity index (χ1n) is 7.62. The van der Waals surface area contributed by atoms with Crippen LogP contribution in [0.25, 0.3) is 0 Å². The standard InChI is InChI=1S/C16H18N2O3S2/c1-9-13(23-15(18-9)10-4-2-3-5-10)14(19)17-8-11-6-7-12(22-11)16(20)21/h6-7,10H,2-5,8H2,1H3,(H,17,19)(H,20,21). The van der Waals surface area contributed by atoms with Gasteiger partial charge in [-0.15, -0.1) is 22.7 Å². The second kappa shape index (κ2) is 6.80. The minimum atomic E-state index is -0.938. The molecule has 122 valence electrons. The first kappa shape index (κ1) is 16.1. The van der Waals surface area contributed by atoms with E-state index in [-0.39, 0.29) is 10.8 Å². The Balaban J connectivity index is 1.64. The van der Waals surface area contributed by atoms with Crippen molar-refractivity contribution in [2.45, 2.75) is 45.1 Å². The van der Waals surface area contributed by atoms with Crippen LogP contribution in [0.5, 0.6) is 0 Å². The predicted molar refractivity (Wildman–Crippen MR) is 90.5 cm³/mol. The minimum Gasteiger partial charge on any atom is -0.477 e. The van der Waals surface area contributed by atoms with Crippen LogP contribution < -0.4 is 5.32 Å². The Labute approximate surface area is 142 Å². The number of aryl methyl sites for hydroxylation is 1. The van der Waals surface area contributed by atoms with Crippen molar-refractivity contribution in [1.82, 2.24) is 10.3 Å². The van der Waals surface area contributed by atoms with Gasteiger partial charge in [0.15, 0.2) is 0 Å². The molecule has 0 aromatic carbocycles. The lowest BCUT2D eigenvalue weighted by Crippen LogP contribution is -2.22. The summed E-state index contributed by atoms with van der Waals surface area (Å²) in [5, 5.41) is 12.9. The van der Waals surface area contributed by atoms with Gasteiger partial charge in [0.1, 0.15) is 9.75 Å². The topological polar surface area (TPSA) is 79.3 Å². The molecule has 1 amide bonds. The molecule has 3 rings (SSSR count). The third-order valence-electron chi connectivity index (χ3n) is 4.02. The van der Waals surface area contributed by atoms with E-state index in [4.69, 9.17) is 5.11 Å². The number of rotatable bonds is 5. The molecule has 2 aromatic heterocycles. The molecule has 0 spiro atoms. The number of nitrogens with zero attached hydrogens (tertiary/aromatic N) is 1. The van der Waals surface area contributed by atoms with E-state index in [0.717, 1.165) is 15.6 Å². The number of aromatic nitrogens is 1. The molecule has 23 heavy (non-hydrogen) atoms. The van der Waals surface area contributed by atoms with Crippen molar-refractivity contribution in [1.29, 1.82) is 0 Å². The van der Waals surface area contributed by atoms with Gasteiger partial charge in [-0.2, -0.15) is 0 Å². The maximum Gasteiger partial charge on any atom is 0.345 e. The van der Waals surface area contributed by atoms with E-state index >= 15 is 0 Å². The monoisotopic (exact) mass is 350 g/mol. The van der Waals surface area contributed by atoms with E-state index in [9.17, 15) is 9.59 Å². The van der Waals surface area contributed by atoms with Crippen molar-refractivity contribution >= 4 is 34.6 Å². The van der Waals surface area contributed by atoms with Crippen LogP contribution in [0.15, 0.2) is 12.1 Å². The Morgan fingerprint density at radius 3 is 2.70 bits per heavy atom. The molecule has 1 saturated carbocycles. The summed E-state index contributed by atoms with van der Waals surface area (Å²) in [6.45, 7) is 2.21. The highest BCUT2D eigenvalue weighted by molar-refractivity contribution is 7.14. The highest BCUT2D eigenvalue weighted by Gasteiger charge is 2.23. The van der Waals surface area contributed by atoms with Crippen LogP contribution in [-0.2, 0) is 6.54 Å². The summed E-state index contributed by atoms with van der Waals surface area (Å²) < 4.78 is 0. The molecule has 2 N–H and O–H groups in total. The van der Waals surface area contributed by atoms with Crippen LogP contribution in [0.4, 0.5) is 0 Å². The number of carboxylic acid groups (broad SMARTS) is 1. The fourth-order valence-electron chi connectivity index (χ4n) is 2.81. The second-order valence-electron chi connectivity index (χ2n) is 5.70. The molecule has 1 fully saturated rings. The zero-order chi connectivity index (χ0) is 16.4. The summed E-state index contributed by atoms with van der Waals surface area (Å²) in [4.78, 5) is 29.6. The third-order valence-corrected chi connectivity index (χ3v) is 6.41. The van der Waals surface area contributed by atoms with Gasteiger partial charge >= 0.3 is 5.97 Å². The molecule has 5 nitrogen and oxygen atoms in total. The van der Waals surface area contributed by atoms with Gasteiger partial charge in [-0.3, -0.25) is 4.79 Å². The molecule has 0 aliphatic heterocycles. The molecule has 1 aliphatic carbocycles. The first-order valence-corrected chi connectivity index (χ1v) is 9.25. The average molecular weight is 350 g/mol. The number of nitrogens with one attached hydrogen (secondary N) is 1. The zero-order valence-electron chi connectivity index (χ0n) is 12.8. The van der Waals surface area contributed by atoms with Crippen molar-refractivity contribution in [3.63, 3.8) is 0 Å².